The molecule has 104 valence electrons. The number of carbonyl (C=O) groups excluding carboxylic acids is 1. The van der Waals surface area contributed by atoms with Crippen molar-refractivity contribution in [1.29, 1.82) is 0 Å². The Morgan fingerprint density at radius 3 is 3.16 bits per heavy atom. The Bertz CT molecular complexity index is 414. The highest BCUT2D eigenvalue weighted by Crippen LogP contribution is 2.18. The monoisotopic (exact) mass is 262 g/mol. The maximum atomic E-state index is 11.9. The van der Waals surface area contributed by atoms with E-state index < -0.39 is 0 Å². The van der Waals surface area contributed by atoms with Crippen LogP contribution in [0.4, 0.5) is 5.69 Å². The van der Waals surface area contributed by atoms with Gasteiger partial charge in [-0.05, 0) is 37.9 Å². The van der Waals surface area contributed by atoms with Gasteiger partial charge in [0.1, 0.15) is 5.75 Å². The second-order valence-corrected chi connectivity index (χ2v) is 4.92. The van der Waals surface area contributed by atoms with E-state index in [4.69, 9.17) is 4.74 Å². The SMILES string of the molecule is CCCOc1cccc(NC(=O)CC2CCCN2)c1. The fraction of sp³-hybridized carbons (Fsp3) is 0.533. The first-order chi connectivity index (χ1) is 9.28. The zero-order valence-corrected chi connectivity index (χ0v) is 11.4. The van der Waals surface area contributed by atoms with E-state index in [1.54, 1.807) is 0 Å². The van der Waals surface area contributed by atoms with E-state index in [0.29, 0.717) is 19.1 Å². The zero-order chi connectivity index (χ0) is 13.5. The maximum absolute atomic E-state index is 11.9. The Balaban J connectivity index is 1.85. The lowest BCUT2D eigenvalue weighted by molar-refractivity contribution is -0.116. The highest BCUT2D eigenvalue weighted by Gasteiger charge is 2.17. The molecule has 1 heterocycles. The van der Waals surface area contributed by atoms with Gasteiger partial charge in [0.15, 0.2) is 0 Å². The van der Waals surface area contributed by atoms with Gasteiger partial charge in [-0.25, -0.2) is 0 Å². The highest BCUT2D eigenvalue weighted by atomic mass is 16.5. The van der Waals surface area contributed by atoms with Crippen LogP contribution >= 0.6 is 0 Å². The summed E-state index contributed by atoms with van der Waals surface area (Å²) in [5.74, 6) is 0.866. The molecule has 0 bridgehead atoms. The van der Waals surface area contributed by atoms with Crippen LogP contribution in [-0.4, -0.2) is 25.1 Å². The molecule has 2 N–H and O–H groups in total. The number of nitrogens with one attached hydrogen (secondary N) is 2. The smallest absolute Gasteiger partial charge is 0.225 e. The molecule has 0 aromatic heterocycles. The van der Waals surface area contributed by atoms with E-state index in [0.717, 1.165) is 37.2 Å². The minimum atomic E-state index is 0.0621. The number of benzene rings is 1. The first-order valence-electron chi connectivity index (χ1n) is 7.04. The average Bonchev–Trinajstić information content (AvgIpc) is 2.89. The molecule has 1 unspecified atom stereocenters. The maximum Gasteiger partial charge on any atom is 0.225 e. The van der Waals surface area contributed by atoms with Crippen molar-refractivity contribution in [3.05, 3.63) is 24.3 Å². The lowest BCUT2D eigenvalue weighted by Crippen LogP contribution is -2.27. The Kier molecular flexibility index (Phi) is 5.21. The molecular weight excluding hydrogens is 240 g/mol. The van der Waals surface area contributed by atoms with Crippen molar-refractivity contribution in [2.24, 2.45) is 0 Å². The third-order valence-electron chi connectivity index (χ3n) is 3.18. The molecule has 1 aromatic rings. The van der Waals surface area contributed by atoms with Gasteiger partial charge in [-0.15, -0.1) is 0 Å². The van der Waals surface area contributed by atoms with Crippen LogP contribution in [0, 0.1) is 0 Å². The summed E-state index contributed by atoms with van der Waals surface area (Å²) in [5.41, 5.74) is 0.802. The van der Waals surface area contributed by atoms with Crippen LogP contribution in [0.15, 0.2) is 24.3 Å². The Morgan fingerprint density at radius 2 is 2.42 bits per heavy atom. The molecule has 0 aliphatic carbocycles. The quantitative estimate of drug-likeness (QED) is 0.828. The number of hydrogen-bond donors (Lipinski definition) is 2. The van der Waals surface area contributed by atoms with Gasteiger partial charge in [0, 0.05) is 24.2 Å². The van der Waals surface area contributed by atoms with Crippen LogP contribution < -0.4 is 15.4 Å². The Hall–Kier alpha value is -1.55. The summed E-state index contributed by atoms with van der Waals surface area (Å²) in [6.45, 7) is 3.79. The standard InChI is InChI=1S/C15H22N2O2/c1-2-9-19-14-7-3-5-13(10-14)17-15(18)11-12-6-4-8-16-12/h3,5,7,10,12,16H,2,4,6,8-9,11H2,1H3,(H,17,18). The van der Waals surface area contributed by atoms with E-state index in [2.05, 4.69) is 17.6 Å². The van der Waals surface area contributed by atoms with Crippen LogP contribution in [0.25, 0.3) is 0 Å². The largest absolute Gasteiger partial charge is 0.494 e. The molecule has 19 heavy (non-hydrogen) atoms. The molecule has 0 radical (unpaired) electrons. The summed E-state index contributed by atoms with van der Waals surface area (Å²) in [4.78, 5) is 11.9. The predicted molar refractivity (Wildman–Crippen MR) is 76.5 cm³/mol. The molecular formula is C15H22N2O2. The van der Waals surface area contributed by atoms with E-state index in [1.807, 2.05) is 24.3 Å². The van der Waals surface area contributed by atoms with Crippen molar-refractivity contribution < 1.29 is 9.53 Å². The average molecular weight is 262 g/mol. The molecule has 4 nitrogen and oxygen atoms in total. The minimum absolute atomic E-state index is 0.0621. The van der Waals surface area contributed by atoms with E-state index in [-0.39, 0.29) is 5.91 Å². The molecule has 2 rings (SSSR count). The molecule has 1 atom stereocenters. The van der Waals surface area contributed by atoms with Crippen LogP contribution in [0.2, 0.25) is 0 Å². The van der Waals surface area contributed by atoms with Gasteiger partial charge in [0.2, 0.25) is 5.91 Å². The Morgan fingerprint density at radius 1 is 1.53 bits per heavy atom. The van der Waals surface area contributed by atoms with Gasteiger partial charge in [-0.3, -0.25) is 4.79 Å². The Labute approximate surface area is 114 Å². The molecule has 1 fully saturated rings. The van der Waals surface area contributed by atoms with Gasteiger partial charge in [0.05, 0.1) is 6.61 Å². The number of anilines is 1. The number of carbonyl (C=O) groups is 1. The summed E-state index contributed by atoms with van der Waals surface area (Å²) >= 11 is 0. The molecule has 1 saturated heterocycles. The molecule has 1 aliphatic heterocycles. The third-order valence-corrected chi connectivity index (χ3v) is 3.18. The van der Waals surface area contributed by atoms with Crippen LogP contribution in [0.1, 0.15) is 32.6 Å². The fourth-order valence-electron chi connectivity index (χ4n) is 2.25. The summed E-state index contributed by atoms with van der Waals surface area (Å²) in [6.07, 6.45) is 3.77. The van der Waals surface area contributed by atoms with Gasteiger partial charge >= 0.3 is 0 Å². The van der Waals surface area contributed by atoms with E-state index in [1.165, 1.54) is 0 Å². The van der Waals surface area contributed by atoms with Crippen LogP contribution in [0.5, 0.6) is 5.75 Å². The minimum Gasteiger partial charge on any atom is -0.494 e. The third kappa shape index (κ3) is 4.56. The first-order valence-corrected chi connectivity index (χ1v) is 7.04. The molecule has 1 aromatic carbocycles. The van der Waals surface area contributed by atoms with E-state index in [9.17, 15) is 4.79 Å². The lowest BCUT2D eigenvalue weighted by Gasteiger charge is -2.11. The zero-order valence-electron chi connectivity index (χ0n) is 11.4. The molecule has 1 amide bonds. The predicted octanol–water partition coefficient (Wildman–Crippen LogP) is 2.56. The number of ether oxygens (including phenoxy) is 1. The topological polar surface area (TPSA) is 50.4 Å². The highest BCUT2D eigenvalue weighted by molar-refractivity contribution is 5.91. The lowest BCUT2D eigenvalue weighted by atomic mass is 10.1. The fourth-order valence-corrected chi connectivity index (χ4v) is 2.25. The van der Waals surface area contributed by atoms with Crippen LogP contribution in [0.3, 0.4) is 0 Å². The first kappa shape index (κ1) is 13.9. The van der Waals surface area contributed by atoms with E-state index >= 15 is 0 Å². The molecule has 0 saturated carbocycles. The normalized spacial score (nSPS) is 18.3. The van der Waals surface area contributed by atoms with Crippen molar-refractivity contribution >= 4 is 11.6 Å². The summed E-state index contributed by atoms with van der Waals surface area (Å²) in [5, 5.41) is 6.25. The summed E-state index contributed by atoms with van der Waals surface area (Å²) in [6, 6.07) is 7.90. The van der Waals surface area contributed by atoms with Crippen molar-refractivity contribution in [2.75, 3.05) is 18.5 Å². The van der Waals surface area contributed by atoms with Crippen molar-refractivity contribution in [2.45, 2.75) is 38.6 Å². The van der Waals surface area contributed by atoms with Crippen LogP contribution in [-0.2, 0) is 4.79 Å². The number of hydrogen-bond acceptors (Lipinski definition) is 3. The second kappa shape index (κ2) is 7.14. The van der Waals surface area contributed by atoms with Gasteiger partial charge in [-0.2, -0.15) is 0 Å². The molecule has 1 aliphatic rings. The number of amides is 1. The van der Waals surface area contributed by atoms with Crippen molar-refractivity contribution in [3.63, 3.8) is 0 Å². The van der Waals surface area contributed by atoms with Crippen molar-refractivity contribution in [1.82, 2.24) is 5.32 Å². The summed E-state index contributed by atoms with van der Waals surface area (Å²) < 4.78 is 5.55. The van der Waals surface area contributed by atoms with Gasteiger partial charge < -0.3 is 15.4 Å². The number of rotatable bonds is 6. The molecule has 4 heteroatoms. The van der Waals surface area contributed by atoms with Gasteiger partial charge in [0.25, 0.3) is 0 Å². The second-order valence-electron chi connectivity index (χ2n) is 4.92. The summed E-state index contributed by atoms with van der Waals surface area (Å²) in [7, 11) is 0. The molecule has 0 spiro atoms. The van der Waals surface area contributed by atoms with Crippen molar-refractivity contribution in [3.8, 4) is 5.75 Å². The van der Waals surface area contributed by atoms with Gasteiger partial charge in [-0.1, -0.05) is 13.0 Å².